The molecule has 0 radical (unpaired) electrons. The molecule has 0 spiro atoms. The van der Waals surface area contributed by atoms with Crippen LogP contribution in [-0.2, 0) is 16.4 Å². The number of ketones is 1. The van der Waals surface area contributed by atoms with Crippen molar-refractivity contribution in [3.63, 3.8) is 0 Å². The molecule has 9 heteroatoms. The monoisotopic (exact) mass is 494 g/mol. The highest BCUT2D eigenvalue weighted by atomic mass is 32.2. The zero-order valence-electron chi connectivity index (χ0n) is 19.1. The molecule has 182 valence electrons. The van der Waals surface area contributed by atoms with Gasteiger partial charge in [-0.2, -0.15) is 0 Å². The maximum atomic E-state index is 13.1. The molecule has 1 atom stereocenters. The van der Waals surface area contributed by atoms with Gasteiger partial charge in [0.15, 0.2) is 5.78 Å². The Kier molecular flexibility index (Phi) is 6.19. The molecule has 2 aliphatic carbocycles. The summed E-state index contributed by atoms with van der Waals surface area (Å²) in [6.45, 7) is 0. The number of pyridine rings is 1. The molecule has 5 rings (SSSR count). The Morgan fingerprint density at radius 1 is 1.06 bits per heavy atom. The van der Waals surface area contributed by atoms with E-state index in [2.05, 4.69) is 9.71 Å². The number of aromatic nitrogens is 1. The molecule has 35 heavy (non-hydrogen) atoms. The number of carbonyl (C=O) groups excluding carboxylic acids is 1. The Balaban J connectivity index is 1.56. The lowest BCUT2D eigenvalue weighted by molar-refractivity contribution is 0.0968. The molecule has 0 aliphatic heterocycles. The number of aromatic hydroxyl groups is 1. The van der Waals surface area contributed by atoms with Crippen molar-refractivity contribution >= 4 is 21.5 Å². The number of carbonyl (C=O) groups is 1. The largest absolute Gasteiger partial charge is 0.506 e. The lowest BCUT2D eigenvalue weighted by Gasteiger charge is -2.21. The smallest absolute Gasteiger partial charge is 0.343 e. The van der Waals surface area contributed by atoms with Gasteiger partial charge in [-0.1, -0.05) is 18.6 Å². The molecular formula is C26H26N2O6S. The first-order valence-electron chi connectivity index (χ1n) is 11.8. The van der Waals surface area contributed by atoms with Gasteiger partial charge >= 0.3 is 5.63 Å². The van der Waals surface area contributed by atoms with E-state index < -0.39 is 21.6 Å². The summed E-state index contributed by atoms with van der Waals surface area (Å²) < 4.78 is 33.7. The summed E-state index contributed by atoms with van der Waals surface area (Å²) in [7, 11) is -3.86. The summed E-state index contributed by atoms with van der Waals surface area (Å²) in [4.78, 5) is 29.8. The van der Waals surface area contributed by atoms with E-state index in [4.69, 9.17) is 4.42 Å². The van der Waals surface area contributed by atoms with Gasteiger partial charge < -0.3 is 9.52 Å². The van der Waals surface area contributed by atoms with E-state index in [9.17, 15) is 23.1 Å². The Morgan fingerprint density at radius 3 is 2.60 bits per heavy atom. The maximum absolute atomic E-state index is 13.1. The third-order valence-electron chi connectivity index (χ3n) is 6.64. The lowest BCUT2D eigenvalue weighted by atomic mass is 9.85. The predicted molar refractivity (Wildman–Crippen MR) is 129 cm³/mol. The minimum atomic E-state index is -3.86. The van der Waals surface area contributed by atoms with Gasteiger partial charge in [0.2, 0.25) is 0 Å². The van der Waals surface area contributed by atoms with Crippen molar-refractivity contribution in [2.75, 3.05) is 4.72 Å². The van der Waals surface area contributed by atoms with Gasteiger partial charge in [0.05, 0.1) is 11.1 Å². The van der Waals surface area contributed by atoms with Gasteiger partial charge in [0, 0.05) is 36.8 Å². The van der Waals surface area contributed by atoms with Crippen LogP contribution in [0.5, 0.6) is 5.75 Å². The van der Waals surface area contributed by atoms with E-state index in [0.717, 1.165) is 32.1 Å². The number of fused-ring (bicyclic) bond motifs is 1. The normalized spacial score (nSPS) is 17.2. The SMILES string of the molecule is O=C1CCCCCc2oc(=O)c(C(c3cccc(NS(=O)(=O)c4cccnc4)c3)C3CC3)c(O)c21. The van der Waals surface area contributed by atoms with Crippen LogP contribution in [0.3, 0.4) is 0 Å². The molecule has 8 nitrogen and oxygen atoms in total. The second-order valence-corrected chi connectivity index (χ2v) is 10.9. The Bertz CT molecular complexity index is 1430. The summed E-state index contributed by atoms with van der Waals surface area (Å²) in [5.74, 6) is -0.682. The van der Waals surface area contributed by atoms with Crippen LogP contribution in [0.1, 0.15) is 71.7 Å². The van der Waals surface area contributed by atoms with Gasteiger partial charge in [-0.05, 0) is 61.4 Å². The highest BCUT2D eigenvalue weighted by molar-refractivity contribution is 7.92. The van der Waals surface area contributed by atoms with Crippen LogP contribution in [0.15, 0.2) is 62.9 Å². The lowest BCUT2D eigenvalue weighted by Crippen LogP contribution is -2.21. The number of aryl methyl sites for hydroxylation is 1. The van der Waals surface area contributed by atoms with E-state index in [-0.39, 0.29) is 39.2 Å². The molecule has 0 saturated heterocycles. The Labute approximate surface area is 203 Å². The zero-order valence-corrected chi connectivity index (χ0v) is 19.9. The fourth-order valence-electron chi connectivity index (χ4n) is 4.81. The van der Waals surface area contributed by atoms with Gasteiger partial charge in [0.1, 0.15) is 16.4 Å². The van der Waals surface area contributed by atoms with Crippen LogP contribution >= 0.6 is 0 Å². The number of rotatable bonds is 6. The number of benzene rings is 1. The molecule has 1 unspecified atom stereocenters. The first-order valence-corrected chi connectivity index (χ1v) is 13.3. The summed E-state index contributed by atoms with van der Waals surface area (Å²) in [5, 5.41) is 11.2. The van der Waals surface area contributed by atoms with Crippen LogP contribution in [-0.4, -0.2) is 24.3 Å². The van der Waals surface area contributed by atoms with Crippen molar-refractivity contribution in [3.8, 4) is 5.75 Å². The van der Waals surface area contributed by atoms with Crippen LogP contribution in [0.2, 0.25) is 0 Å². The van der Waals surface area contributed by atoms with Crippen molar-refractivity contribution in [2.24, 2.45) is 5.92 Å². The van der Waals surface area contributed by atoms with E-state index in [1.165, 1.54) is 24.5 Å². The van der Waals surface area contributed by atoms with E-state index >= 15 is 0 Å². The van der Waals surface area contributed by atoms with Gasteiger partial charge in [0.25, 0.3) is 10.0 Å². The molecule has 1 fully saturated rings. The van der Waals surface area contributed by atoms with Crippen molar-refractivity contribution in [1.82, 2.24) is 4.98 Å². The van der Waals surface area contributed by atoms with E-state index in [1.807, 2.05) is 0 Å². The molecular weight excluding hydrogens is 468 g/mol. The highest BCUT2D eigenvalue weighted by Gasteiger charge is 2.39. The Morgan fingerprint density at radius 2 is 1.86 bits per heavy atom. The van der Waals surface area contributed by atoms with Gasteiger partial charge in [-0.15, -0.1) is 0 Å². The molecule has 0 bridgehead atoms. The van der Waals surface area contributed by atoms with Crippen molar-refractivity contribution < 1.29 is 22.7 Å². The van der Waals surface area contributed by atoms with E-state index in [1.54, 1.807) is 24.3 Å². The number of hydrogen-bond donors (Lipinski definition) is 2. The van der Waals surface area contributed by atoms with Crippen molar-refractivity contribution in [2.45, 2.75) is 55.8 Å². The fourth-order valence-corrected chi connectivity index (χ4v) is 5.82. The van der Waals surface area contributed by atoms with Crippen LogP contribution < -0.4 is 10.3 Å². The molecule has 2 aromatic heterocycles. The van der Waals surface area contributed by atoms with Crippen molar-refractivity contribution in [1.29, 1.82) is 0 Å². The number of sulfonamides is 1. The van der Waals surface area contributed by atoms with Crippen LogP contribution in [0, 0.1) is 5.92 Å². The summed E-state index contributed by atoms with van der Waals surface area (Å²) >= 11 is 0. The first kappa shape index (κ1) is 23.3. The minimum Gasteiger partial charge on any atom is -0.506 e. The van der Waals surface area contributed by atoms with E-state index in [0.29, 0.717) is 24.1 Å². The summed E-state index contributed by atoms with van der Waals surface area (Å²) in [6, 6.07) is 9.76. The average Bonchev–Trinajstić information content (AvgIpc) is 3.65. The molecule has 2 aliphatic rings. The summed E-state index contributed by atoms with van der Waals surface area (Å²) in [6.07, 6.45) is 7.56. The second kappa shape index (κ2) is 9.30. The Hall–Kier alpha value is -3.46. The molecule has 3 aromatic rings. The molecule has 1 saturated carbocycles. The molecule has 0 amide bonds. The number of hydrogen-bond acceptors (Lipinski definition) is 7. The number of anilines is 1. The highest BCUT2D eigenvalue weighted by Crippen LogP contribution is 2.49. The van der Waals surface area contributed by atoms with Gasteiger partial charge in [-0.25, -0.2) is 13.2 Å². The fraction of sp³-hybridized carbons (Fsp3) is 0.346. The second-order valence-electron chi connectivity index (χ2n) is 9.17. The quantitative estimate of drug-likeness (QED) is 0.521. The molecule has 2 N–H and O–H groups in total. The van der Waals surface area contributed by atoms with Crippen LogP contribution in [0.4, 0.5) is 5.69 Å². The number of nitrogens with one attached hydrogen (secondary N) is 1. The summed E-state index contributed by atoms with van der Waals surface area (Å²) in [5.41, 5.74) is 0.543. The zero-order chi connectivity index (χ0) is 24.6. The topological polar surface area (TPSA) is 127 Å². The number of Topliss-reactive ketones (excluding diaryl/α,β-unsaturated/α-hetero) is 1. The molecule has 2 heterocycles. The third-order valence-corrected chi connectivity index (χ3v) is 8.01. The minimum absolute atomic E-state index is 0.0302. The molecule has 1 aromatic carbocycles. The van der Waals surface area contributed by atoms with Crippen LogP contribution in [0.25, 0.3) is 0 Å². The standard InChI is InChI=1S/C26H26N2O6S/c29-20-9-2-1-3-10-21-23(20)25(30)24(26(31)34-21)22(16-11-12-16)17-6-4-7-18(14-17)28-35(32,33)19-8-5-13-27-15-19/h4-8,13-16,22,28,30H,1-3,9-12H2. The average molecular weight is 495 g/mol. The maximum Gasteiger partial charge on any atom is 0.343 e. The predicted octanol–water partition coefficient (Wildman–Crippen LogP) is 4.38. The van der Waals surface area contributed by atoms with Crippen molar-refractivity contribution in [3.05, 3.63) is 81.7 Å². The third kappa shape index (κ3) is 4.73. The first-order chi connectivity index (χ1) is 16.8. The van der Waals surface area contributed by atoms with Gasteiger partial charge in [-0.3, -0.25) is 14.5 Å². The number of nitrogens with zero attached hydrogens (tertiary/aromatic N) is 1.